The summed E-state index contributed by atoms with van der Waals surface area (Å²) in [6.45, 7) is 6.15. The molecular formula is C27H34O4. The smallest absolute Gasteiger partial charge is 0.192 e. The predicted octanol–water partition coefficient (Wildman–Crippen LogP) is 4.03. The second-order valence-corrected chi connectivity index (χ2v) is 9.62. The van der Waals surface area contributed by atoms with Crippen molar-refractivity contribution in [3.63, 3.8) is 0 Å². The van der Waals surface area contributed by atoms with Crippen molar-refractivity contribution in [1.29, 1.82) is 0 Å². The first-order chi connectivity index (χ1) is 14.9. The lowest BCUT2D eigenvalue weighted by Gasteiger charge is -2.34. The number of ether oxygens (including phenoxy) is 1. The van der Waals surface area contributed by atoms with Crippen LogP contribution in [-0.2, 0) is 35.2 Å². The van der Waals surface area contributed by atoms with Gasteiger partial charge in [-0.15, -0.1) is 0 Å². The molecule has 166 valence electrons. The molecule has 0 radical (unpaired) electrons. The van der Waals surface area contributed by atoms with Gasteiger partial charge in [0.25, 0.3) is 0 Å². The number of aliphatic hydroxyl groups is 2. The highest BCUT2D eigenvalue weighted by molar-refractivity contribution is 5.88. The Kier molecular flexibility index (Phi) is 6.61. The highest BCUT2D eigenvalue weighted by Gasteiger charge is 2.38. The molecular weight excluding hydrogens is 388 g/mol. The standard InChI is InChI=1S/C27H34O4/c1-16(2)11-22-21-6-4-5-20(21)19(12-18-9-7-17(3)8-10-18)13-23(22)25-14-24(29)27(30)26(15-28)31-25/h7-10,13,16,24-26,28-29H,4-6,11-12,14-15H2,1-3H3/t24-,25-,26-/m1/s1. The Morgan fingerprint density at radius 1 is 1.13 bits per heavy atom. The van der Waals surface area contributed by atoms with Gasteiger partial charge in [0.1, 0.15) is 12.2 Å². The van der Waals surface area contributed by atoms with Crippen molar-refractivity contribution in [3.05, 3.63) is 69.3 Å². The molecule has 0 saturated carbocycles. The fourth-order valence-corrected chi connectivity index (χ4v) is 5.18. The molecule has 0 spiro atoms. The number of hydrogen-bond acceptors (Lipinski definition) is 4. The number of fused-ring (bicyclic) bond motifs is 1. The number of rotatable bonds is 6. The van der Waals surface area contributed by atoms with Crippen LogP contribution in [0.5, 0.6) is 0 Å². The highest BCUT2D eigenvalue weighted by Crippen LogP contribution is 2.40. The number of hydrogen-bond donors (Lipinski definition) is 2. The zero-order chi connectivity index (χ0) is 22.1. The van der Waals surface area contributed by atoms with Crippen LogP contribution in [0.2, 0.25) is 0 Å². The zero-order valence-corrected chi connectivity index (χ0v) is 18.9. The Morgan fingerprint density at radius 3 is 2.52 bits per heavy atom. The first-order valence-electron chi connectivity index (χ1n) is 11.6. The largest absolute Gasteiger partial charge is 0.393 e. The maximum absolute atomic E-state index is 12.2. The fourth-order valence-electron chi connectivity index (χ4n) is 5.18. The summed E-state index contributed by atoms with van der Waals surface area (Å²) in [5.74, 6) is 0.0837. The van der Waals surface area contributed by atoms with Gasteiger partial charge < -0.3 is 14.9 Å². The van der Waals surface area contributed by atoms with E-state index < -0.39 is 24.6 Å². The minimum Gasteiger partial charge on any atom is -0.393 e. The summed E-state index contributed by atoms with van der Waals surface area (Å²) in [5, 5.41) is 20.0. The molecule has 0 unspecified atom stereocenters. The summed E-state index contributed by atoms with van der Waals surface area (Å²) in [4.78, 5) is 12.2. The fraction of sp³-hybridized carbons (Fsp3) is 0.519. The van der Waals surface area contributed by atoms with Crippen LogP contribution in [0.15, 0.2) is 30.3 Å². The van der Waals surface area contributed by atoms with Gasteiger partial charge in [-0.25, -0.2) is 0 Å². The summed E-state index contributed by atoms with van der Waals surface area (Å²) in [7, 11) is 0. The van der Waals surface area contributed by atoms with Gasteiger partial charge in [0.05, 0.1) is 12.7 Å². The number of carbonyl (C=O) groups excluding carboxylic acids is 1. The lowest BCUT2D eigenvalue weighted by molar-refractivity contribution is -0.161. The van der Waals surface area contributed by atoms with E-state index in [0.29, 0.717) is 5.92 Å². The van der Waals surface area contributed by atoms with Crippen LogP contribution in [-0.4, -0.2) is 34.8 Å². The predicted molar refractivity (Wildman–Crippen MR) is 121 cm³/mol. The lowest BCUT2D eigenvalue weighted by Crippen LogP contribution is -2.43. The molecule has 1 saturated heterocycles. The second kappa shape index (κ2) is 9.23. The van der Waals surface area contributed by atoms with E-state index in [1.807, 2.05) is 0 Å². The first-order valence-corrected chi connectivity index (χ1v) is 11.6. The number of carbonyl (C=O) groups is 1. The van der Waals surface area contributed by atoms with Crippen LogP contribution in [0.3, 0.4) is 0 Å². The van der Waals surface area contributed by atoms with Crippen molar-refractivity contribution < 1.29 is 19.7 Å². The van der Waals surface area contributed by atoms with Crippen molar-refractivity contribution in [2.24, 2.45) is 5.92 Å². The third-order valence-electron chi connectivity index (χ3n) is 6.70. The second-order valence-electron chi connectivity index (χ2n) is 9.62. The highest BCUT2D eigenvalue weighted by atomic mass is 16.5. The van der Waals surface area contributed by atoms with E-state index in [9.17, 15) is 15.0 Å². The molecule has 1 fully saturated rings. The van der Waals surface area contributed by atoms with E-state index in [1.165, 1.54) is 33.4 Å². The number of ketones is 1. The third kappa shape index (κ3) is 4.62. The quantitative estimate of drug-likeness (QED) is 0.738. The molecule has 2 aromatic rings. The number of Topliss-reactive ketones (excluding diaryl/α,β-unsaturated/α-hetero) is 1. The van der Waals surface area contributed by atoms with Crippen molar-refractivity contribution >= 4 is 5.78 Å². The molecule has 4 heteroatoms. The van der Waals surface area contributed by atoms with Crippen LogP contribution < -0.4 is 0 Å². The average Bonchev–Trinajstić information content (AvgIpc) is 3.23. The molecule has 2 aromatic carbocycles. The Balaban J connectivity index is 1.78. The van der Waals surface area contributed by atoms with Crippen molar-refractivity contribution in [1.82, 2.24) is 0 Å². The minimum atomic E-state index is -1.09. The van der Waals surface area contributed by atoms with Crippen molar-refractivity contribution in [3.8, 4) is 0 Å². The first kappa shape index (κ1) is 22.2. The molecule has 0 aromatic heterocycles. The molecule has 4 rings (SSSR count). The summed E-state index contributed by atoms with van der Waals surface area (Å²) >= 11 is 0. The van der Waals surface area contributed by atoms with E-state index in [0.717, 1.165) is 37.7 Å². The Morgan fingerprint density at radius 2 is 1.84 bits per heavy atom. The molecule has 2 aliphatic rings. The van der Waals surface area contributed by atoms with E-state index in [-0.39, 0.29) is 12.5 Å². The molecule has 1 heterocycles. The van der Waals surface area contributed by atoms with Crippen LogP contribution in [0.4, 0.5) is 0 Å². The SMILES string of the molecule is Cc1ccc(Cc2cc([C@H]3C[C@@H](O)C(=O)[C@@H](CO)O3)c(CC(C)C)c3c2CCC3)cc1. The van der Waals surface area contributed by atoms with Gasteiger partial charge in [0, 0.05) is 6.42 Å². The molecule has 1 aliphatic heterocycles. The summed E-state index contributed by atoms with van der Waals surface area (Å²) in [5.41, 5.74) is 9.23. The van der Waals surface area contributed by atoms with Crippen molar-refractivity contribution in [2.75, 3.05) is 6.61 Å². The van der Waals surface area contributed by atoms with Crippen LogP contribution in [0, 0.1) is 12.8 Å². The number of aliphatic hydroxyl groups excluding tert-OH is 2. The molecule has 4 nitrogen and oxygen atoms in total. The maximum atomic E-state index is 12.2. The van der Waals surface area contributed by atoms with E-state index >= 15 is 0 Å². The third-order valence-corrected chi connectivity index (χ3v) is 6.70. The molecule has 0 bridgehead atoms. The van der Waals surface area contributed by atoms with Gasteiger partial charge in [-0.3, -0.25) is 4.79 Å². The van der Waals surface area contributed by atoms with Crippen LogP contribution in [0.1, 0.15) is 71.7 Å². The minimum absolute atomic E-state index is 0.253. The van der Waals surface area contributed by atoms with E-state index in [1.54, 1.807) is 0 Å². The monoisotopic (exact) mass is 422 g/mol. The van der Waals surface area contributed by atoms with Crippen LogP contribution in [0.25, 0.3) is 0 Å². The van der Waals surface area contributed by atoms with Gasteiger partial charge in [-0.2, -0.15) is 0 Å². The van der Waals surface area contributed by atoms with Gasteiger partial charge in [-0.05, 0) is 78.3 Å². The molecule has 2 N–H and O–H groups in total. The summed E-state index contributed by atoms with van der Waals surface area (Å²) in [6, 6.07) is 11.0. The Bertz CT molecular complexity index is 945. The Hall–Kier alpha value is -2.01. The molecule has 3 atom stereocenters. The summed E-state index contributed by atoms with van der Waals surface area (Å²) in [6.07, 6.45) is 3.01. The van der Waals surface area contributed by atoms with Gasteiger partial charge in [0.2, 0.25) is 0 Å². The Labute approximate surface area is 185 Å². The molecule has 31 heavy (non-hydrogen) atoms. The number of benzene rings is 2. The molecule has 1 aliphatic carbocycles. The van der Waals surface area contributed by atoms with E-state index in [4.69, 9.17) is 4.74 Å². The number of aryl methyl sites for hydroxylation is 1. The van der Waals surface area contributed by atoms with Gasteiger partial charge in [0.15, 0.2) is 5.78 Å². The van der Waals surface area contributed by atoms with Crippen LogP contribution >= 0.6 is 0 Å². The van der Waals surface area contributed by atoms with E-state index in [2.05, 4.69) is 51.1 Å². The zero-order valence-electron chi connectivity index (χ0n) is 18.9. The average molecular weight is 423 g/mol. The molecule has 0 amide bonds. The topological polar surface area (TPSA) is 66.8 Å². The summed E-state index contributed by atoms with van der Waals surface area (Å²) < 4.78 is 6.05. The van der Waals surface area contributed by atoms with Gasteiger partial charge in [-0.1, -0.05) is 49.7 Å². The van der Waals surface area contributed by atoms with Gasteiger partial charge >= 0.3 is 0 Å². The lowest BCUT2D eigenvalue weighted by atomic mass is 9.83. The maximum Gasteiger partial charge on any atom is 0.192 e. The van der Waals surface area contributed by atoms with Crippen molar-refractivity contribution in [2.45, 2.75) is 77.6 Å². The normalized spacial score (nSPS) is 23.4.